The number of nitrogens with two attached hydrogens (primary N) is 1. The molecule has 1 aliphatic rings. The van der Waals surface area contributed by atoms with Gasteiger partial charge in [0.2, 0.25) is 0 Å². The van der Waals surface area contributed by atoms with Crippen LogP contribution in [0.1, 0.15) is 29.7 Å². The van der Waals surface area contributed by atoms with Gasteiger partial charge >= 0.3 is 0 Å². The molecule has 0 saturated heterocycles. The molecule has 0 fully saturated rings. The predicted molar refractivity (Wildman–Crippen MR) is 95.2 cm³/mol. The lowest BCUT2D eigenvalue weighted by Gasteiger charge is -2.18. The first-order chi connectivity index (χ1) is 11.3. The van der Waals surface area contributed by atoms with E-state index in [4.69, 9.17) is 5.73 Å². The van der Waals surface area contributed by atoms with E-state index in [1.54, 1.807) is 0 Å². The number of allylic oxidation sites excluding steroid dienone is 1. The van der Waals surface area contributed by atoms with Crippen LogP contribution < -0.4 is 5.73 Å². The van der Waals surface area contributed by atoms with Crippen molar-refractivity contribution >= 4 is 16.3 Å². The van der Waals surface area contributed by atoms with Gasteiger partial charge in [-0.3, -0.25) is 4.68 Å². The van der Waals surface area contributed by atoms with E-state index in [1.165, 1.54) is 39.6 Å². The topological polar surface area (TPSA) is 43.8 Å². The fourth-order valence-corrected chi connectivity index (χ4v) is 3.54. The second-order valence-corrected chi connectivity index (χ2v) is 6.18. The number of hydrogen-bond donors (Lipinski definition) is 1. The van der Waals surface area contributed by atoms with Gasteiger partial charge in [-0.05, 0) is 52.8 Å². The third kappa shape index (κ3) is 2.68. The third-order valence-electron chi connectivity index (χ3n) is 4.62. The Morgan fingerprint density at radius 2 is 1.96 bits per heavy atom. The van der Waals surface area contributed by atoms with Crippen LogP contribution in [0.3, 0.4) is 0 Å². The van der Waals surface area contributed by atoms with Gasteiger partial charge in [-0.2, -0.15) is 5.10 Å². The minimum Gasteiger partial charge on any atom is -0.327 e. The molecule has 1 aromatic heterocycles. The van der Waals surface area contributed by atoms with Gasteiger partial charge in [0.05, 0.1) is 18.4 Å². The average Bonchev–Trinajstić information content (AvgIpc) is 2.99. The van der Waals surface area contributed by atoms with E-state index in [2.05, 4.69) is 58.3 Å². The number of rotatable bonds is 3. The lowest BCUT2D eigenvalue weighted by molar-refractivity contribution is 0.666. The molecule has 0 atom stereocenters. The summed E-state index contributed by atoms with van der Waals surface area (Å²) in [4.78, 5) is 0. The number of aromatic nitrogens is 2. The molecule has 0 spiro atoms. The summed E-state index contributed by atoms with van der Waals surface area (Å²) in [6.07, 6.45) is 7.60. The summed E-state index contributed by atoms with van der Waals surface area (Å²) in [6.45, 7) is 1.40. The van der Waals surface area contributed by atoms with Crippen LogP contribution in [0, 0.1) is 0 Å². The van der Waals surface area contributed by atoms with Gasteiger partial charge in [0, 0.05) is 6.54 Å². The highest BCUT2D eigenvalue weighted by Gasteiger charge is 2.19. The molecule has 1 heterocycles. The minimum atomic E-state index is 0.593. The molecule has 0 bridgehead atoms. The fourth-order valence-electron chi connectivity index (χ4n) is 3.54. The van der Waals surface area contributed by atoms with Crippen molar-refractivity contribution in [3.63, 3.8) is 0 Å². The number of aryl methyl sites for hydroxylation is 1. The molecule has 23 heavy (non-hydrogen) atoms. The van der Waals surface area contributed by atoms with Crippen molar-refractivity contribution in [2.24, 2.45) is 5.73 Å². The van der Waals surface area contributed by atoms with Gasteiger partial charge in [-0.25, -0.2) is 0 Å². The van der Waals surface area contributed by atoms with Crippen molar-refractivity contribution < 1.29 is 0 Å². The van der Waals surface area contributed by atoms with E-state index in [9.17, 15) is 0 Å². The molecule has 0 unspecified atom stereocenters. The third-order valence-corrected chi connectivity index (χ3v) is 4.62. The normalized spacial score (nSPS) is 16.0. The van der Waals surface area contributed by atoms with Crippen LogP contribution in [0.4, 0.5) is 0 Å². The van der Waals surface area contributed by atoms with Crippen molar-refractivity contribution in [1.82, 2.24) is 9.78 Å². The summed E-state index contributed by atoms with van der Waals surface area (Å²) in [5, 5.41) is 7.20. The lowest BCUT2D eigenvalue weighted by Crippen LogP contribution is -2.11. The summed E-state index contributed by atoms with van der Waals surface area (Å²) in [5.74, 6) is 0. The molecule has 1 aliphatic carbocycles. The van der Waals surface area contributed by atoms with Crippen molar-refractivity contribution in [2.75, 3.05) is 6.54 Å². The Bertz CT molecular complexity index is 873. The second kappa shape index (κ2) is 6.01. The summed E-state index contributed by atoms with van der Waals surface area (Å²) in [5.41, 5.74) is 11.0. The van der Waals surface area contributed by atoms with E-state index < -0.39 is 0 Å². The molecule has 2 aromatic carbocycles. The average molecular weight is 303 g/mol. The first kappa shape index (κ1) is 14.2. The van der Waals surface area contributed by atoms with E-state index in [0.29, 0.717) is 6.54 Å². The molecule has 2 N–H and O–H groups in total. The van der Waals surface area contributed by atoms with Crippen LogP contribution in [-0.2, 0) is 13.0 Å². The molecule has 0 radical (unpaired) electrons. The van der Waals surface area contributed by atoms with Crippen LogP contribution in [0.2, 0.25) is 0 Å². The van der Waals surface area contributed by atoms with Crippen LogP contribution in [-0.4, -0.2) is 16.3 Å². The number of fused-ring (bicyclic) bond motifs is 2. The molecule has 0 aliphatic heterocycles. The summed E-state index contributed by atoms with van der Waals surface area (Å²) >= 11 is 0. The molecule has 3 aromatic rings. The highest BCUT2D eigenvalue weighted by Crippen LogP contribution is 2.31. The number of benzene rings is 2. The van der Waals surface area contributed by atoms with Crippen molar-refractivity contribution in [3.8, 4) is 0 Å². The maximum atomic E-state index is 5.74. The molecule has 3 nitrogen and oxygen atoms in total. The Balaban J connectivity index is 1.71. The Morgan fingerprint density at radius 3 is 2.83 bits per heavy atom. The smallest absolute Gasteiger partial charge is 0.0675 e. The Kier molecular flexibility index (Phi) is 3.72. The van der Waals surface area contributed by atoms with Gasteiger partial charge in [0.15, 0.2) is 0 Å². The second-order valence-electron chi connectivity index (χ2n) is 6.18. The predicted octanol–water partition coefficient (Wildman–Crippen LogP) is 3.76. The highest BCUT2D eigenvalue weighted by atomic mass is 15.3. The first-order valence-electron chi connectivity index (χ1n) is 8.27. The largest absolute Gasteiger partial charge is 0.327 e. The maximum Gasteiger partial charge on any atom is 0.0675 e. The molecule has 0 saturated carbocycles. The molecule has 116 valence electrons. The standard InChI is InChI=1S/C20H21N3/c21-11-10-17-6-3-7-19-13-22-23(20(17)19)14-15-8-9-16-4-1-2-5-18(16)12-15/h1-2,4-5,8-10,12-13H,3,6-7,11,14,21H2/b17-10+. The zero-order chi connectivity index (χ0) is 15.6. The highest BCUT2D eigenvalue weighted by molar-refractivity contribution is 5.83. The Labute approximate surface area is 136 Å². The van der Waals surface area contributed by atoms with Gasteiger partial charge in [0.1, 0.15) is 0 Å². The molecular formula is C20H21N3. The van der Waals surface area contributed by atoms with Gasteiger partial charge in [-0.15, -0.1) is 0 Å². The van der Waals surface area contributed by atoms with Crippen molar-refractivity contribution in [2.45, 2.75) is 25.8 Å². The minimum absolute atomic E-state index is 0.593. The summed E-state index contributed by atoms with van der Waals surface area (Å²) in [7, 11) is 0. The van der Waals surface area contributed by atoms with Crippen molar-refractivity contribution in [3.05, 3.63) is 71.6 Å². The molecule has 4 rings (SSSR count). The van der Waals surface area contributed by atoms with E-state index in [-0.39, 0.29) is 0 Å². The van der Waals surface area contributed by atoms with Crippen molar-refractivity contribution in [1.29, 1.82) is 0 Å². The number of hydrogen-bond acceptors (Lipinski definition) is 2. The van der Waals surface area contributed by atoms with Crippen LogP contribution >= 0.6 is 0 Å². The zero-order valence-corrected chi connectivity index (χ0v) is 13.2. The summed E-state index contributed by atoms with van der Waals surface area (Å²) < 4.78 is 2.14. The van der Waals surface area contributed by atoms with Gasteiger partial charge < -0.3 is 5.73 Å². The molecular weight excluding hydrogens is 282 g/mol. The van der Waals surface area contributed by atoms with Crippen LogP contribution in [0.25, 0.3) is 16.3 Å². The first-order valence-corrected chi connectivity index (χ1v) is 8.27. The monoisotopic (exact) mass is 303 g/mol. The van der Waals surface area contributed by atoms with Gasteiger partial charge in [-0.1, -0.05) is 42.5 Å². The van der Waals surface area contributed by atoms with Crippen LogP contribution in [0.5, 0.6) is 0 Å². The zero-order valence-electron chi connectivity index (χ0n) is 13.2. The molecule has 0 amide bonds. The van der Waals surface area contributed by atoms with E-state index in [1.807, 2.05) is 6.20 Å². The lowest BCUT2D eigenvalue weighted by atomic mass is 9.92. The van der Waals surface area contributed by atoms with E-state index in [0.717, 1.165) is 19.4 Å². The van der Waals surface area contributed by atoms with Gasteiger partial charge in [0.25, 0.3) is 0 Å². The van der Waals surface area contributed by atoms with E-state index >= 15 is 0 Å². The Morgan fingerprint density at radius 1 is 1.09 bits per heavy atom. The summed E-state index contributed by atoms with van der Waals surface area (Å²) in [6, 6.07) is 15.1. The quantitative estimate of drug-likeness (QED) is 0.800. The Hall–Kier alpha value is -2.39. The fraction of sp³-hybridized carbons (Fsp3) is 0.250. The van der Waals surface area contributed by atoms with Crippen LogP contribution in [0.15, 0.2) is 54.7 Å². The number of nitrogens with zero attached hydrogens (tertiary/aromatic N) is 2. The maximum absolute atomic E-state index is 5.74. The molecule has 3 heteroatoms. The SMILES string of the molecule is NC/C=C1\CCCc2cnn(Cc3ccc4ccccc4c3)c21.